The van der Waals surface area contributed by atoms with Gasteiger partial charge in [0.25, 0.3) is 5.56 Å². The molecule has 1 aromatic carbocycles. The highest BCUT2D eigenvalue weighted by molar-refractivity contribution is 6.32. The van der Waals surface area contributed by atoms with Crippen molar-refractivity contribution in [1.29, 1.82) is 0 Å². The van der Waals surface area contributed by atoms with Crippen LogP contribution in [0.15, 0.2) is 26.8 Å². The van der Waals surface area contributed by atoms with E-state index in [-0.39, 0.29) is 46.8 Å². The minimum Gasteiger partial charge on any atom is -0.503 e. The second-order valence-electron chi connectivity index (χ2n) is 6.11. The molecule has 0 radical (unpaired) electrons. The molecule has 0 aliphatic carbocycles. The Morgan fingerprint density at radius 3 is 2.69 bits per heavy atom. The summed E-state index contributed by atoms with van der Waals surface area (Å²) in [6, 6.07) is 3.02. The number of nitrogens with zero attached hydrogens (tertiary/aromatic N) is 5. The number of aliphatic hydroxyl groups excluding tert-OH is 1. The van der Waals surface area contributed by atoms with E-state index in [1.165, 1.54) is 48.7 Å². The molecule has 3 rings (SSSR count). The Labute approximate surface area is 169 Å². The zero-order valence-electron chi connectivity index (χ0n) is 15.9. The normalized spacial score (nSPS) is 11.5. The third-order valence-electron chi connectivity index (χ3n) is 4.32. The first-order valence-electron chi connectivity index (χ1n) is 8.42. The predicted octanol–water partition coefficient (Wildman–Crippen LogP) is 0.240. The zero-order valence-corrected chi connectivity index (χ0v) is 16.6. The first kappa shape index (κ1) is 20.4. The van der Waals surface area contributed by atoms with Gasteiger partial charge in [-0.3, -0.25) is 13.9 Å². The van der Waals surface area contributed by atoms with Gasteiger partial charge in [-0.2, -0.15) is 10.1 Å². The van der Waals surface area contributed by atoms with Crippen molar-refractivity contribution < 1.29 is 14.9 Å². The molecular formula is C17H19ClN6O5. The minimum atomic E-state index is -0.531. The summed E-state index contributed by atoms with van der Waals surface area (Å²) in [5.74, 6) is 0.172. The van der Waals surface area contributed by atoms with Crippen molar-refractivity contribution in [3.05, 3.63) is 43.6 Å². The summed E-state index contributed by atoms with van der Waals surface area (Å²) in [7, 11) is 4.26. The van der Waals surface area contributed by atoms with Gasteiger partial charge in [-0.25, -0.2) is 10.2 Å². The molecule has 0 saturated heterocycles. The molecule has 0 atom stereocenters. The van der Waals surface area contributed by atoms with Crippen molar-refractivity contribution in [2.75, 3.05) is 19.1 Å². The number of nitrogens with one attached hydrogen (secondary N) is 1. The lowest BCUT2D eigenvalue weighted by atomic mass is 10.2. The van der Waals surface area contributed by atoms with Crippen molar-refractivity contribution in [3.63, 3.8) is 0 Å². The Morgan fingerprint density at radius 2 is 2.03 bits per heavy atom. The van der Waals surface area contributed by atoms with Crippen LogP contribution in [0.4, 0.5) is 5.95 Å². The predicted molar refractivity (Wildman–Crippen MR) is 108 cm³/mol. The highest BCUT2D eigenvalue weighted by Gasteiger charge is 2.18. The fourth-order valence-electron chi connectivity index (χ4n) is 2.84. The summed E-state index contributed by atoms with van der Waals surface area (Å²) in [6.45, 7) is -0.179. The van der Waals surface area contributed by atoms with Gasteiger partial charge >= 0.3 is 5.69 Å². The third-order valence-corrected chi connectivity index (χ3v) is 4.61. The largest absolute Gasteiger partial charge is 0.503 e. The number of phenolic OH excluding ortho intramolecular Hbond substituents is 1. The number of aromatic hydroxyl groups is 1. The molecular weight excluding hydrogens is 404 g/mol. The Bertz CT molecular complexity index is 1230. The van der Waals surface area contributed by atoms with E-state index in [0.717, 1.165) is 4.57 Å². The van der Waals surface area contributed by atoms with Crippen LogP contribution in [0.5, 0.6) is 11.5 Å². The van der Waals surface area contributed by atoms with Crippen LogP contribution in [-0.4, -0.2) is 48.8 Å². The van der Waals surface area contributed by atoms with Crippen LogP contribution in [0.1, 0.15) is 5.56 Å². The summed E-state index contributed by atoms with van der Waals surface area (Å²) in [6.07, 6.45) is 1.41. The van der Waals surface area contributed by atoms with Crippen LogP contribution in [0.25, 0.3) is 11.2 Å². The summed E-state index contributed by atoms with van der Waals surface area (Å²) >= 11 is 5.95. The SMILES string of the molecule is COc1cc(C=NNc2nc3c(c(=O)n(C)c(=O)n3C)n2CCO)cc(Cl)c1O. The quantitative estimate of drug-likeness (QED) is 0.382. The van der Waals surface area contributed by atoms with Gasteiger partial charge in [0.1, 0.15) is 0 Å². The van der Waals surface area contributed by atoms with Gasteiger partial charge in [-0.1, -0.05) is 11.6 Å². The van der Waals surface area contributed by atoms with Crippen molar-refractivity contribution in [2.24, 2.45) is 19.2 Å². The van der Waals surface area contributed by atoms with E-state index in [4.69, 9.17) is 16.3 Å². The highest BCUT2D eigenvalue weighted by atomic mass is 35.5. The van der Waals surface area contributed by atoms with Crippen LogP contribution < -0.4 is 21.4 Å². The molecule has 0 amide bonds. The van der Waals surface area contributed by atoms with Gasteiger partial charge in [-0.15, -0.1) is 0 Å². The third kappa shape index (κ3) is 3.57. The number of rotatable bonds is 6. The lowest BCUT2D eigenvalue weighted by molar-refractivity contribution is 0.278. The Hall–Kier alpha value is -3.31. The molecule has 2 heterocycles. The maximum atomic E-state index is 12.5. The number of phenols is 1. The summed E-state index contributed by atoms with van der Waals surface area (Å²) in [4.78, 5) is 28.9. The van der Waals surface area contributed by atoms with E-state index in [1.807, 2.05) is 0 Å². The zero-order chi connectivity index (χ0) is 21.3. The first-order chi connectivity index (χ1) is 13.8. The number of hydrogen-bond acceptors (Lipinski definition) is 8. The number of hydrogen-bond donors (Lipinski definition) is 3. The van der Waals surface area contributed by atoms with E-state index in [2.05, 4.69) is 15.5 Å². The number of imidazole rings is 1. The number of aliphatic hydroxyl groups is 1. The van der Waals surface area contributed by atoms with E-state index < -0.39 is 11.2 Å². The number of hydrazone groups is 1. The van der Waals surface area contributed by atoms with Gasteiger partial charge in [0.2, 0.25) is 5.95 Å². The molecule has 0 fully saturated rings. The lowest BCUT2D eigenvalue weighted by Crippen LogP contribution is -2.37. The minimum absolute atomic E-state index is 0.0701. The molecule has 0 spiro atoms. The summed E-state index contributed by atoms with van der Waals surface area (Å²) < 4.78 is 8.69. The second-order valence-corrected chi connectivity index (χ2v) is 6.52. The number of halogens is 1. The van der Waals surface area contributed by atoms with Crippen molar-refractivity contribution in [3.8, 4) is 11.5 Å². The molecule has 3 aromatic rings. The molecule has 12 heteroatoms. The van der Waals surface area contributed by atoms with Gasteiger partial charge in [-0.05, 0) is 17.7 Å². The van der Waals surface area contributed by atoms with E-state index >= 15 is 0 Å². The fourth-order valence-corrected chi connectivity index (χ4v) is 3.06. The summed E-state index contributed by atoms with van der Waals surface area (Å²) in [5.41, 5.74) is 2.51. The number of benzene rings is 1. The number of fused-ring (bicyclic) bond motifs is 1. The number of ether oxygens (including phenoxy) is 1. The van der Waals surface area contributed by atoms with Gasteiger partial charge < -0.3 is 19.5 Å². The van der Waals surface area contributed by atoms with Gasteiger partial charge in [0.15, 0.2) is 22.7 Å². The molecule has 0 saturated carbocycles. The molecule has 11 nitrogen and oxygen atoms in total. The second kappa shape index (κ2) is 7.97. The van der Waals surface area contributed by atoms with E-state index in [0.29, 0.717) is 5.56 Å². The van der Waals surface area contributed by atoms with Crippen molar-refractivity contribution in [2.45, 2.75) is 6.54 Å². The van der Waals surface area contributed by atoms with Crippen molar-refractivity contribution in [1.82, 2.24) is 18.7 Å². The standard InChI is InChI=1S/C17H19ClN6O5/c1-22-14-12(15(27)23(2)17(22)28)24(4-5-25)16(20-14)21-19-8-9-6-10(18)13(26)11(7-9)29-3/h6-8,25-26H,4-5H2,1-3H3,(H,20,21). The number of methoxy groups -OCH3 is 1. The van der Waals surface area contributed by atoms with Crippen LogP contribution in [-0.2, 0) is 20.6 Å². The molecule has 0 aliphatic heterocycles. The van der Waals surface area contributed by atoms with Crippen LogP contribution in [0.2, 0.25) is 5.02 Å². The van der Waals surface area contributed by atoms with Gasteiger partial charge in [0.05, 0.1) is 25.0 Å². The Morgan fingerprint density at radius 1 is 1.31 bits per heavy atom. The Balaban J connectivity index is 2.04. The average molecular weight is 423 g/mol. The monoisotopic (exact) mass is 422 g/mol. The van der Waals surface area contributed by atoms with Crippen molar-refractivity contribution >= 4 is 34.9 Å². The number of aryl methyl sites for hydroxylation is 1. The molecule has 2 aromatic heterocycles. The average Bonchev–Trinajstić information content (AvgIpc) is 3.06. The van der Waals surface area contributed by atoms with Gasteiger partial charge in [0, 0.05) is 20.6 Å². The molecule has 0 bridgehead atoms. The molecule has 0 unspecified atom stereocenters. The highest BCUT2D eigenvalue weighted by Crippen LogP contribution is 2.34. The maximum Gasteiger partial charge on any atom is 0.332 e. The van der Waals surface area contributed by atoms with Crippen LogP contribution in [0.3, 0.4) is 0 Å². The molecule has 3 N–H and O–H groups in total. The Kier molecular flexibility index (Phi) is 5.62. The molecule has 0 aliphatic rings. The number of aromatic nitrogens is 4. The van der Waals surface area contributed by atoms with Crippen LogP contribution in [0, 0.1) is 0 Å². The first-order valence-corrected chi connectivity index (χ1v) is 8.80. The lowest BCUT2D eigenvalue weighted by Gasteiger charge is -2.07. The smallest absolute Gasteiger partial charge is 0.332 e. The number of anilines is 1. The molecule has 154 valence electrons. The fraction of sp³-hybridized carbons (Fsp3) is 0.294. The van der Waals surface area contributed by atoms with E-state index in [9.17, 15) is 19.8 Å². The summed E-state index contributed by atoms with van der Waals surface area (Å²) in [5, 5.41) is 23.3. The topological polar surface area (TPSA) is 136 Å². The van der Waals surface area contributed by atoms with Crippen LogP contribution >= 0.6 is 11.6 Å². The molecule has 29 heavy (non-hydrogen) atoms. The van der Waals surface area contributed by atoms with E-state index in [1.54, 1.807) is 0 Å². The maximum absolute atomic E-state index is 12.5.